The molecule has 0 saturated heterocycles. The Kier molecular flexibility index (Phi) is 4.77. The van der Waals surface area contributed by atoms with E-state index in [1.165, 1.54) is 0 Å². The molecule has 0 aromatic rings. The lowest BCUT2D eigenvalue weighted by molar-refractivity contribution is 0.701. The van der Waals surface area contributed by atoms with Crippen molar-refractivity contribution in [2.45, 2.75) is 13.8 Å². The largest absolute Gasteiger partial charge is 0.205 e. The molecule has 0 rings (SSSR count). The van der Waals surface area contributed by atoms with E-state index >= 15 is 0 Å². The van der Waals surface area contributed by atoms with Crippen molar-refractivity contribution in [2.24, 2.45) is 0 Å². The Morgan fingerprint density at radius 1 is 1.43 bits per heavy atom. The van der Waals surface area contributed by atoms with Crippen molar-refractivity contribution < 1.29 is 4.21 Å². The molecule has 3 heteroatoms. The molecular formula is C4H10OS2. The lowest BCUT2D eigenvalue weighted by Gasteiger charge is -1.88. The van der Waals surface area contributed by atoms with Gasteiger partial charge in [0, 0.05) is 0 Å². The van der Waals surface area contributed by atoms with Crippen LogP contribution in [-0.2, 0) is 19.7 Å². The van der Waals surface area contributed by atoms with Crippen LogP contribution in [0.1, 0.15) is 13.8 Å². The minimum absolute atomic E-state index is 0.116. The Morgan fingerprint density at radius 2 is 1.86 bits per heavy atom. The maximum atomic E-state index is 10.0. The molecule has 0 aromatic carbocycles. The van der Waals surface area contributed by atoms with Crippen LogP contribution in [0.5, 0.6) is 0 Å². The van der Waals surface area contributed by atoms with Gasteiger partial charge in [0.2, 0.25) is 0 Å². The second-order valence-corrected chi connectivity index (χ2v) is 5.08. The molecule has 0 unspecified atom stereocenters. The average Bonchev–Trinajstić information content (AvgIpc) is 1.72. The van der Waals surface area contributed by atoms with E-state index in [-0.39, 0.29) is 9.45 Å². The van der Waals surface area contributed by atoms with Gasteiger partial charge in [0.25, 0.3) is 0 Å². The summed E-state index contributed by atoms with van der Waals surface area (Å²) in [7, 11) is 0.863. The zero-order valence-corrected chi connectivity index (χ0v) is 6.27. The fraction of sp³-hybridized carbons (Fsp3) is 1.00. The van der Waals surface area contributed by atoms with Crippen LogP contribution >= 0.6 is 0 Å². The Labute approximate surface area is 49.8 Å². The van der Waals surface area contributed by atoms with Crippen LogP contribution in [0.3, 0.4) is 0 Å². The first-order valence-corrected chi connectivity index (χ1v) is 5.15. The van der Waals surface area contributed by atoms with Gasteiger partial charge in [-0.05, 0) is 11.5 Å². The highest BCUT2D eigenvalue weighted by Crippen LogP contribution is 1.78. The Balaban J connectivity index is 3.61. The predicted octanol–water partition coefficient (Wildman–Crippen LogP) is 0.772. The van der Waals surface area contributed by atoms with Crippen LogP contribution < -0.4 is 0 Å². The van der Waals surface area contributed by atoms with Crippen LogP contribution in [-0.4, -0.2) is 15.7 Å². The predicted molar refractivity (Wildman–Crippen MR) is 36.6 cm³/mol. The Morgan fingerprint density at radius 3 is 1.86 bits per heavy atom. The van der Waals surface area contributed by atoms with Crippen molar-refractivity contribution >= 4 is 19.7 Å². The normalized spacial score (nSPS) is 9.57. The molecule has 0 N–H and O–H groups in total. The first kappa shape index (κ1) is 7.37. The van der Waals surface area contributed by atoms with Gasteiger partial charge in [0.05, 0.1) is 0 Å². The molecule has 0 heterocycles. The van der Waals surface area contributed by atoms with Crippen molar-refractivity contribution in [1.82, 2.24) is 0 Å². The third kappa shape index (κ3) is 3.00. The number of rotatable bonds is 2. The average molecular weight is 138 g/mol. The molecule has 0 saturated carbocycles. The van der Waals surface area contributed by atoms with Gasteiger partial charge in [0.1, 0.15) is 10.2 Å². The quantitative estimate of drug-likeness (QED) is 0.551. The molecule has 0 fully saturated rings. The second kappa shape index (κ2) is 4.53. The summed E-state index contributed by atoms with van der Waals surface area (Å²) in [6.45, 7) is 4.11. The van der Waals surface area contributed by atoms with Crippen LogP contribution in [0.15, 0.2) is 0 Å². The Bertz CT molecular complexity index is 87.9. The van der Waals surface area contributed by atoms with Crippen LogP contribution in [0.4, 0.5) is 0 Å². The monoisotopic (exact) mass is 138 g/mol. The fourth-order valence-electron chi connectivity index (χ4n) is 0.300. The van der Waals surface area contributed by atoms with Crippen molar-refractivity contribution in [3.05, 3.63) is 0 Å². The first-order valence-electron chi connectivity index (χ1n) is 2.32. The molecule has 0 aliphatic heterocycles. The van der Waals surface area contributed by atoms with Crippen LogP contribution in [0, 0.1) is 0 Å². The van der Waals surface area contributed by atoms with Crippen molar-refractivity contribution in [1.29, 1.82) is 0 Å². The maximum absolute atomic E-state index is 10.0. The highest BCUT2D eigenvalue weighted by atomic mass is 32.8. The summed E-state index contributed by atoms with van der Waals surface area (Å²) in [5, 5.41) is 0. The summed E-state index contributed by atoms with van der Waals surface area (Å²) in [4.78, 5) is 0. The summed E-state index contributed by atoms with van der Waals surface area (Å²) in [6.07, 6.45) is 0. The highest BCUT2D eigenvalue weighted by Gasteiger charge is 1.82. The minimum atomic E-state index is 0.116. The van der Waals surface area contributed by atoms with Gasteiger partial charge >= 0.3 is 0 Å². The summed E-state index contributed by atoms with van der Waals surface area (Å²) < 4.78 is 10.0. The van der Waals surface area contributed by atoms with E-state index in [2.05, 4.69) is 13.8 Å². The van der Waals surface area contributed by atoms with Gasteiger partial charge in [-0.1, -0.05) is 23.3 Å². The summed E-state index contributed by atoms with van der Waals surface area (Å²) in [5.41, 5.74) is 0. The molecule has 7 heavy (non-hydrogen) atoms. The van der Waals surface area contributed by atoms with E-state index in [0.717, 1.165) is 21.7 Å². The van der Waals surface area contributed by atoms with E-state index < -0.39 is 0 Å². The molecular weight excluding hydrogens is 128 g/mol. The van der Waals surface area contributed by atoms with Gasteiger partial charge < -0.3 is 0 Å². The van der Waals surface area contributed by atoms with Crippen molar-refractivity contribution in [3.8, 4) is 0 Å². The van der Waals surface area contributed by atoms with E-state index in [9.17, 15) is 4.21 Å². The van der Waals surface area contributed by atoms with Crippen LogP contribution in [0.25, 0.3) is 0 Å². The van der Waals surface area contributed by atoms with Gasteiger partial charge in [-0.25, -0.2) is 4.21 Å². The maximum Gasteiger partial charge on any atom is 0.120 e. The molecule has 0 bridgehead atoms. The molecule has 0 aromatic heterocycles. The molecule has 0 aliphatic carbocycles. The lowest BCUT2D eigenvalue weighted by atomic mass is 11.0. The molecule has 0 aliphatic rings. The van der Waals surface area contributed by atoms with E-state index in [1.807, 2.05) is 0 Å². The van der Waals surface area contributed by atoms with E-state index in [0.29, 0.717) is 0 Å². The molecule has 0 atom stereocenters. The third-order valence-electron chi connectivity index (χ3n) is 0.740. The standard InChI is InChI=1S/C4H10OS2/c1-3-7(4-2)6-5/h3-4H2,1-2H3. The van der Waals surface area contributed by atoms with Crippen molar-refractivity contribution in [3.63, 3.8) is 0 Å². The second-order valence-electron chi connectivity index (χ2n) is 1.09. The van der Waals surface area contributed by atoms with Gasteiger partial charge in [-0.2, -0.15) is 0 Å². The van der Waals surface area contributed by atoms with E-state index in [4.69, 9.17) is 0 Å². The van der Waals surface area contributed by atoms with E-state index in [1.54, 1.807) is 0 Å². The summed E-state index contributed by atoms with van der Waals surface area (Å²) in [5.74, 6) is 2.06. The number of hydrogen-bond acceptors (Lipinski definition) is 1. The first-order chi connectivity index (χ1) is 3.35. The lowest BCUT2D eigenvalue weighted by Crippen LogP contribution is -1.93. The summed E-state index contributed by atoms with van der Waals surface area (Å²) in [6, 6.07) is 0. The SMILES string of the molecule is CCS(CC)=S=O. The van der Waals surface area contributed by atoms with Crippen LogP contribution in [0.2, 0.25) is 0 Å². The summed E-state index contributed by atoms with van der Waals surface area (Å²) >= 11 is 0. The van der Waals surface area contributed by atoms with Crippen molar-refractivity contribution in [2.75, 3.05) is 11.5 Å². The smallest absolute Gasteiger partial charge is 0.120 e. The Hall–Kier alpha value is 0.370. The third-order valence-corrected chi connectivity index (χ3v) is 4.21. The zero-order valence-electron chi connectivity index (χ0n) is 4.64. The fourth-order valence-corrected chi connectivity index (χ4v) is 1.48. The highest BCUT2D eigenvalue weighted by molar-refractivity contribution is 8.31. The molecule has 0 radical (unpaired) electrons. The number of hydrogen-bond donors (Lipinski definition) is 0. The molecule has 0 amide bonds. The molecule has 44 valence electrons. The topological polar surface area (TPSA) is 17.1 Å². The molecule has 0 spiro atoms. The molecule has 1 nitrogen and oxygen atoms in total. The van der Waals surface area contributed by atoms with Gasteiger partial charge in [-0.15, -0.1) is 0 Å². The zero-order chi connectivity index (χ0) is 5.70. The van der Waals surface area contributed by atoms with Gasteiger partial charge in [0.15, 0.2) is 0 Å². The minimum Gasteiger partial charge on any atom is -0.205 e. The van der Waals surface area contributed by atoms with Gasteiger partial charge in [-0.3, -0.25) is 0 Å².